The van der Waals surface area contributed by atoms with Crippen LogP contribution in [0.15, 0.2) is 36.4 Å². The lowest BCUT2D eigenvalue weighted by Crippen LogP contribution is -2.41. The highest BCUT2D eigenvalue weighted by Crippen LogP contribution is 2.31. The van der Waals surface area contributed by atoms with Crippen LogP contribution in [0.2, 0.25) is 0 Å². The standard InChI is InChI=1S/C21H22F2N2O4/c1-28-16-7-4-8-17(29-2)18(16)21(27)25-11-9-13(10-12-25)20(26)24-19-14(22)5-3-6-15(19)23/h3-8,13H,9-12H2,1-2H3,(H,24,26). The summed E-state index contributed by atoms with van der Waals surface area (Å²) in [5, 5.41) is 2.33. The number of amides is 2. The molecular formula is C21H22F2N2O4. The van der Waals surface area contributed by atoms with Gasteiger partial charge in [-0.2, -0.15) is 0 Å². The summed E-state index contributed by atoms with van der Waals surface area (Å²) >= 11 is 0. The molecule has 2 amide bonds. The highest BCUT2D eigenvalue weighted by molar-refractivity contribution is 6.00. The van der Waals surface area contributed by atoms with Crippen LogP contribution in [0.25, 0.3) is 0 Å². The molecule has 0 unspecified atom stereocenters. The van der Waals surface area contributed by atoms with Crippen LogP contribution in [-0.2, 0) is 4.79 Å². The maximum Gasteiger partial charge on any atom is 0.261 e. The first-order valence-corrected chi connectivity index (χ1v) is 9.21. The van der Waals surface area contributed by atoms with Gasteiger partial charge in [-0.3, -0.25) is 9.59 Å². The van der Waals surface area contributed by atoms with Crippen LogP contribution < -0.4 is 14.8 Å². The third-order valence-electron chi connectivity index (χ3n) is 5.01. The Kier molecular flexibility index (Phi) is 6.31. The molecule has 2 aromatic carbocycles. The highest BCUT2D eigenvalue weighted by Gasteiger charge is 2.31. The molecule has 1 N–H and O–H groups in total. The van der Waals surface area contributed by atoms with E-state index in [4.69, 9.17) is 9.47 Å². The van der Waals surface area contributed by atoms with E-state index in [-0.39, 0.29) is 5.91 Å². The third-order valence-corrected chi connectivity index (χ3v) is 5.01. The minimum atomic E-state index is -0.825. The third kappa shape index (κ3) is 4.31. The SMILES string of the molecule is COc1cccc(OC)c1C(=O)N1CCC(C(=O)Nc2c(F)cccc2F)CC1. The van der Waals surface area contributed by atoms with Crippen molar-refractivity contribution < 1.29 is 27.8 Å². The van der Waals surface area contributed by atoms with Crippen LogP contribution in [0, 0.1) is 17.6 Å². The minimum absolute atomic E-state index is 0.252. The number of carbonyl (C=O) groups excluding carboxylic acids is 2. The number of hydrogen-bond acceptors (Lipinski definition) is 4. The van der Waals surface area contributed by atoms with E-state index in [1.54, 1.807) is 23.1 Å². The number of carbonyl (C=O) groups is 2. The van der Waals surface area contributed by atoms with Crippen LogP contribution in [0.3, 0.4) is 0 Å². The van der Waals surface area contributed by atoms with Crippen LogP contribution in [-0.4, -0.2) is 44.0 Å². The van der Waals surface area contributed by atoms with Crippen molar-refractivity contribution in [3.8, 4) is 11.5 Å². The molecule has 1 fully saturated rings. The Morgan fingerprint density at radius 3 is 2.00 bits per heavy atom. The van der Waals surface area contributed by atoms with Crippen molar-refractivity contribution in [3.05, 3.63) is 53.6 Å². The lowest BCUT2D eigenvalue weighted by Gasteiger charge is -2.32. The van der Waals surface area contributed by atoms with Crippen LogP contribution in [0.5, 0.6) is 11.5 Å². The number of hydrogen-bond donors (Lipinski definition) is 1. The number of ether oxygens (including phenoxy) is 2. The van der Waals surface area contributed by atoms with Crippen molar-refractivity contribution in [1.29, 1.82) is 0 Å². The summed E-state index contributed by atoms with van der Waals surface area (Å²) in [6.45, 7) is 0.662. The number of likely N-dealkylation sites (tertiary alicyclic amines) is 1. The van der Waals surface area contributed by atoms with Crippen molar-refractivity contribution in [2.75, 3.05) is 32.6 Å². The Morgan fingerprint density at radius 2 is 1.48 bits per heavy atom. The second-order valence-corrected chi connectivity index (χ2v) is 6.69. The molecule has 154 valence electrons. The van der Waals surface area contributed by atoms with Gasteiger partial charge >= 0.3 is 0 Å². The summed E-state index contributed by atoms with van der Waals surface area (Å²) in [5.41, 5.74) is -0.122. The quantitative estimate of drug-likeness (QED) is 0.829. The minimum Gasteiger partial charge on any atom is -0.496 e. The predicted octanol–water partition coefficient (Wildman–Crippen LogP) is 3.47. The van der Waals surface area contributed by atoms with Crippen LogP contribution >= 0.6 is 0 Å². The molecule has 0 saturated carbocycles. The van der Waals surface area contributed by atoms with E-state index in [2.05, 4.69) is 5.32 Å². The van der Waals surface area contributed by atoms with E-state index in [1.165, 1.54) is 20.3 Å². The van der Waals surface area contributed by atoms with Gasteiger partial charge in [0.2, 0.25) is 5.91 Å². The van der Waals surface area contributed by atoms with Crippen LogP contribution in [0.4, 0.5) is 14.5 Å². The van der Waals surface area contributed by atoms with E-state index in [0.29, 0.717) is 43.0 Å². The van der Waals surface area contributed by atoms with Crippen molar-refractivity contribution in [2.24, 2.45) is 5.92 Å². The van der Waals surface area contributed by atoms with E-state index in [1.807, 2.05) is 0 Å². The molecule has 0 spiro atoms. The molecule has 1 heterocycles. The van der Waals surface area contributed by atoms with Gasteiger partial charge in [-0.15, -0.1) is 0 Å². The molecule has 0 aliphatic carbocycles. The summed E-state index contributed by atoms with van der Waals surface area (Å²) < 4.78 is 38.1. The number of piperidine rings is 1. The smallest absolute Gasteiger partial charge is 0.261 e. The van der Waals surface area contributed by atoms with Crippen molar-refractivity contribution in [1.82, 2.24) is 4.90 Å². The Balaban J connectivity index is 1.66. The number of para-hydroxylation sites is 1. The first-order valence-electron chi connectivity index (χ1n) is 9.21. The molecule has 2 aromatic rings. The molecule has 1 aliphatic rings. The summed E-state index contributed by atoms with van der Waals surface area (Å²) in [7, 11) is 2.95. The van der Waals surface area contributed by atoms with Gasteiger partial charge in [0.05, 0.1) is 14.2 Å². The molecule has 3 rings (SSSR count). The lowest BCUT2D eigenvalue weighted by molar-refractivity contribution is -0.121. The maximum atomic E-state index is 13.7. The van der Waals surface area contributed by atoms with Crippen molar-refractivity contribution in [3.63, 3.8) is 0 Å². The zero-order valence-corrected chi connectivity index (χ0v) is 16.2. The van der Waals surface area contributed by atoms with Crippen molar-refractivity contribution in [2.45, 2.75) is 12.8 Å². The number of methoxy groups -OCH3 is 2. The van der Waals surface area contributed by atoms with Gasteiger partial charge in [-0.1, -0.05) is 12.1 Å². The normalized spacial score (nSPS) is 14.4. The number of halogens is 2. The molecule has 8 heteroatoms. The summed E-state index contributed by atoms with van der Waals surface area (Å²) in [5.74, 6) is -2.00. The maximum absolute atomic E-state index is 13.7. The average molecular weight is 404 g/mol. The van der Waals surface area contributed by atoms with Gasteiger partial charge in [-0.25, -0.2) is 8.78 Å². The number of anilines is 1. The molecule has 0 atom stereocenters. The Bertz CT molecular complexity index is 869. The van der Waals surface area contributed by atoms with Gasteiger partial charge in [0.1, 0.15) is 34.4 Å². The second kappa shape index (κ2) is 8.89. The fourth-order valence-electron chi connectivity index (χ4n) is 3.41. The second-order valence-electron chi connectivity index (χ2n) is 6.69. The largest absolute Gasteiger partial charge is 0.496 e. The molecule has 6 nitrogen and oxygen atoms in total. The topological polar surface area (TPSA) is 67.9 Å². The first-order chi connectivity index (χ1) is 14.0. The Morgan fingerprint density at radius 1 is 0.966 bits per heavy atom. The zero-order valence-electron chi connectivity index (χ0n) is 16.2. The van der Waals surface area contributed by atoms with E-state index < -0.39 is 29.1 Å². The number of nitrogens with zero attached hydrogens (tertiary/aromatic N) is 1. The fourth-order valence-corrected chi connectivity index (χ4v) is 3.41. The first kappa shape index (κ1) is 20.6. The fraction of sp³-hybridized carbons (Fsp3) is 0.333. The molecule has 29 heavy (non-hydrogen) atoms. The monoisotopic (exact) mass is 404 g/mol. The van der Waals surface area contributed by atoms with Gasteiger partial charge in [0, 0.05) is 19.0 Å². The molecule has 1 saturated heterocycles. The summed E-state index contributed by atoms with van der Waals surface area (Å²) in [4.78, 5) is 27.0. The van der Waals surface area contributed by atoms with Crippen LogP contribution in [0.1, 0.15) is 23.2 Å². The lowest BCUT2D eigenvalue weighted by atomic mass is 9.95. The van der Waals surface area contributed by atoms with E-state index in [0.717, 1.165) is 12.1 Å². The number of benzene rings is 2. The molecule has 0 bridgehead atoms. The van der Waals surface area contributed by atoms with E-state index in [9.17, 15) is 18.4 Å². The van der Waals surface area contributed by atoms with Crippen molar-refractivity contribution >= 4 is 17.5 Å². The van der Waals surface area contributed by atoms with Gasteiger partial charge < -0.3 is 19.7 Å². The van der Waals surface area contributed by atoms with Gasteiger partial charge in [-0.05, 0) is 37.1 Å². The number of nitrogens with one attached hydrogen (secondary N) is 1. The molecular weight excluding hydrogens is 382 g/mol. The average Bonchev–Trinajstić information content (AvgIpc) is 2.75. The zero-order chi connectivity index (χ0) is 21.0. The molecule has 0 aromatic heterocycles. The molecule has 1 aliphatic heterocycles. The van der Waals surface area contributed by atoms with Gasteiger partial charge in [0.15, 0.2) is 0 Å². The highest BCUT2D eigenvalue weighted by atomic mass is 19.1. The molecule has 0 radical (unpaired) electrons. The Labute approximate surface area is 167 Å². The van der Waals surface area contributed by atoms with E-state index >= 15 is 0 Å². The summed E-state index contributed by atoms with van der Waals surface area (Å²) in [6.07, 6.45) is 0.760. The predicted molar refractivity (Wildman–Crippen MR) is 103 cm³/mol. The Hall–Kier alpha value is -3.16. The number of rotatable bonds is 5. The summed E-state index contributed by atoms with van der Waals surface area (Å²) in [6, 6.07) is 8.49. The van der Waals surface area contributed by atoms with Gasteiger partial charge in [0.25, 0.3) is 5.91 Å².